The summed E-state index contributed by atoms with van der Waals surface area (Å²) in [5.41, 5.74) is 1.27. The Balaban J connectivity index is 1.81. The molecule has 0 aliphatic carbocycles. The van der Waals surface area contributed by atoms with Crippen molar-refractivity contribution in [2.24, 2.45) is 0 Å². The maximum atomic E-state index is 12.7. The van der Waals surface area contributed by atoms with Crippen LogP contribution in [-0.4, -0.2) is 42.2 Å². The molecule has 1 unspecified atom stereocenters. The van der Waals surface area contributed by atoms with Crippen LogP contribution < -0.4 is 5.32 Å². The second-order valence-corrected chi connectivity index (χ2v) is 7.10. The van der Waals surface area contributed by atoms with E-state index in [1.54, 1.807) is 11.3 Å². The predicted octanol–water partition coefficient (Wildman–Crippen LogP) is 1.90. The summed E-state index contributed by atoms with van der Waals surface area (Å²) in [7, 11) is 0. The number of hydrogen-bond donors (Lipinski definition) is 1. The summed E-state index contributed by atoms with van der Waals surface area (Å²) >= 11 is 3.61. The molecule has 1 saturated heterocycles. The van der Waals surface area contributed by atoms with Crippen LogP contribution in [0, 0.1) is 0 Å². The zero-order valence-corrected chi connectivity index (χ0v) is 12.1. The van der Waals surface area contributed by atoms with Crippen LogP contribution in [0.5, 0.6) is 0 Å². The van der Waals surface area contributed by atoms with E-state index in [2.05, 4.69) is 28.6 Å². The van der Waals surface area contributed by atoms with Crippen LogP contribution in [0.4, 0.5) is 0 Å². The number of nitrogens with zero attached hydrogens (tertiary/aromatic N) is 1. The molecule has 3 rings (SSSR count). The lowest BCUT2D eigenvalue weighted by atomic mass is 10.1. The molecule has 5 heteroatoms. The number of carbonyl (C=O) groups excluding carboxylic acids is 1. The van der Waals surface area contributed by atoms with Gasteiger partial charge in [-0.25, -0.2) is 0 Å². The zero-order valence-electron chi connectivity index (χ0n) is 10.5. The SMILES string of the molecule is C[C@H]1CNCCN1C(=O)C1SCCc2sccc21. The molecule has 2 atom stereocenters. The Morgan fingerprint density at radius 1 is 1.56 bits per heavy atom. The van der Waals surface area contributed by atoms with Gasteiger partial charge in [0.15, 0.2) is 0 Å². The van der Waals surface area contributed by atoms with Gasteiger partial charge in [-0.1, -0.05) is 0 Å². The summed E-state index contributed by atoms with van der Waals surface area (Å²) in [6, 6.07) is 2.46. The molecule has 98 valence electrons. The van der Waals surface area contributed by atoms with Gasteiger partial charge in [-0.15, -0.1) is 23.1 Å². The molecule has 0 radical (unpaired) electrons. The molecule has 0 spiro atoms. The minimum absolute atomic E-state index is 0.0422. The third kappa shape index (κ3) is 2.19. The van der Waals surface area contributed by atoms with Crippen LogP contribution in [0.15, 0.2) is 11.4 Å². The van der Waals surface area contributed by atoms with Gasteiger partial charge in [-0.2, -0.15) is 0 Å². The summed E-state index contributed by atoms with van der Waals surface area (Å²) < 4.78 is 0. The smallest absolute Gasteiger partial charge is 0.240 e. The Kier molecular flexibility index (Phi) is 3.63. The minimum Gasteiger partial charge on any atom is -0.336 e. The zero-order chi connectivity index (χ0) is 12.5. The van der Waals surface area contributed by atoms with Crippen molar-refractivity contribution < 1.29 is 4.79 Å². The van der Waals surface area contributed by atoms with Gasteiger partial charge in [-0.05, 0) is 36.1 Å². The Bertz CT molecular complexity index is 446. The van der Waals surface area contributed by atoms with E-state index in [1.807, 2.05) is 11.8 Å². The molecular formula is C13H18N2OS2. The molecule has 3 nitrogen and oxygen atoms in total. The highest BCUT2D eigenvalue weighted by atomic mass is 32.2. The van der Waals surface area contributed by atoms with E-state index < -0.39 is 0 Å². The molecule has 1 aromatic rings. The predicted molar refractivity (Wildman–Crippen MR) is 77.3 cm³/mol. The highest BCUT2D eigenvalue weighted by Gasteiger charge is 2.33. The summed E-state index contributed by atoms with van der Waals surface area (Å²) in [5, 5.41) is 5.50. The highest BCUT2D eigenvalue weighted by Crippen LogP contribution is 2.40. The van der Waals surface area contributed by atoms with Crippen molar-refractivity contribution in [3.8, 4) is 0 Å². The first kappa shape index (κ1) is 12.5. The van der Waals surface area contributed by atoms with Gasteiger partial charge < -0.3 is 10.2 Å². The second-order valence-electron chi connectivity index (χ2n) is 4.88. The molecule has 0 saturated carbocycles. The molecule has 3 heterocycles. The monoisotopic (exact) mass is 282 g/mol. The van der Waals surface area contributed by atoms with Crippen molar-refractivity contribution in [3.63, 3.8) is 0 Å². The van der Waals surface area contributed by atoms with Crippen LogP contribution in [0.2, 0.25) is 0 Å². The molecule has 1 fully saturated rings. The topological polar surface area (TPSA) is 32.3 Å². The largest absolute Gasteiger partial charge is 0.336 e. The Morgan fingerprint density at radius 2 is 2.44 bits per heavy atom. The van der Waals surface area contributed by atoms with Crippen LogP contribution in [0.25, 0.3) is 0 Å². The maximum absolute atomic E-state index is 12.7. The van der Waals surface area contributed by atoms with Crippen LogP contribution in [0.1, 0.15) is 22.6 Å². The fourth-order valence-electron chi connectivity index (χ4n) is 2.67. The standard InChI is InChI=1S/C13H18N2OS2/c1-9-8-14-4-5-15(9)13(16)12-10-2-6-17-11(10)3-7-18-12/h2,6,9,12,14H,3-5,7-8H2,1H3/t9-,12?/m0/s1. The summed E-state index contributed by atoms with van der Waals surface area (Å²) in [6.45, 7) is 4.81. The van der Waals surface area contributed by atoms with Gasteiger partial charge >= 0.3 is 0 Å². The lowest BCUT2D eigenvalue weighted by Crippen LogP contribution is -2.53. The van der Waals surface area contributed by atoms with E-state index in [0.717, 1.165) is 31.8 Å². The number of piperazine rings is 1. The molecule has 2 aliphatic heterocycles. The van der Waals surface area contributed by atoms with E-state index in [1.165, 1.54) is 10.4 Å². The van der Waals surface area contributed by atoms with E-state index in [9.17, 15) is 4.79 Å². The Labute approximate surface area is 116 Å². The third-order valence-corrected chi connectivity index (χ3v) is 5.91. The molecule has 0 bridgehead atoms. The van der Waals surface area contributed by atoms with E-state index in [4.69, 9.17) is 0 Å². The number of thioether (sulfide) groups is 1. The number of hydrogen-bond acceptors (Lipinski definition) is 4. The van der Waals surface area contributed by atoms with Crippen molar-refractivity contribution in [2.45, 2.75) is 24.6 Å². The van der Waals surface area contributed by atoms with Crippen molar-refractivity contribution in [1.29, 1.82) is 0 Å². The maximum Gasteiger partial charge on any atom is 0.240 e. The van der Waals surface area contributed by atoms with E-state index in [-0.39, 0.29) is 5.25 Å². The Morgan fingerprint density at radius 3 is 3.28 bits per heavy atom. The first-order valence-corrected chi connectivity index (χ1v) is 8.39. The number of carbonyl (C=O) groups is 1. The van der Waals surface area contributed by atoms with Crippen LogP contribution >= 0.6 is 23.1 Å². The van der Waals surface area contributed by atoms with E-state index in [0.29, 0.717) is 11.9 Å². The second kappa shape index (κ2) is 5.23. The summed E-state index contributed by atoms with van der Waals surface area (Å²) in [6.07, 6.45) is 1.12. The molecule has 1 aromatic heterocycles. The van der Waals surface area contributed by atoms with Crippen LogP contribution in [0.3, 0.4) is 0 Å². The van der Waals surface area contributed by atoms with Crippen molar-refractivity contribution in [3.05, 3.63) is 21.9 Å². The number of amides is 1. The molecule has 18 heavy (non-hydrogen) atoms. The van der Waals surface area contributed by atoms with Crippen LogP contribution in [-0.2, 0) is 11.2 Å². The highest BCUT2D eigenvalue weighted by molar-refractivity contribution is 8.00. The lowest BCUT2D eigenvalue weighted by Gasteiger charge is -2.37. The van der Waals surface area contributed by atoms with Gasteiger partial charge in [-0.3, -0.25) is 4.79 Å². The van der Waals surface area contributed by atoms with Gasteiger partial charge in [0.25, 0.3) is 0 Å². The minimum atomic E-state index is 0.0422. The number of rotatable bonds is 1. The molecular weight excluding hydrogens is 264 g/mol. The molecule has 0 aromatic carbocycles. The summed E-state index contributed by atoms with van der Waals surface area (Å²) in [4.78, 5) is 16.2. The molecule has 1 amide bonds. The first-order chi connectivity index (χ1) is 8.77. The summed E-state index contributed by atoms with van der Waals surface area (Å²) in [5.74, 6) is 1.39. The van der Waals surface area contributed by atoms with Gasteiger partial charge in [0.05, 0.1) is 0 Å². The van der Waals surface area contributed by atoms with Crippen molar-refractivity contribution in [2.75, 3.05) is 25.4 Å². The average molecular weight is 282 g/mol. The third-order valence-electron chi connectivity index (χ3n) is 3.68. The van der Waals surface area contributed by atoms with Crippen molar-refractivity contribution >= 4 is 29.0 Å². The van der Waals surface area contributed by atoms with Gasteiger partial charge in [0.1, 0.15) is 5.25 Å². The first-order valence-electron chi connectivity index (χ1n) is 6.46. The Hall–Kier alpha value is -0.520. The molecule has 1 N–H and O–H groups in total. The number of fused-ring (bicyclic) bond motifs is 1. The number of aryl methyl sites for hydroxylation is 1. The van der Waals surface area contributed by atoms with Gasteiger partial charge in [0, 0.05) is 30.6 Å². The fraction of sp³-hybridized carbons (Fsp3) is 0.615. The lowest BCUT2D eigenvalue weighted by molar-refractivity contribution is -0.133. The number of nitrogens with one attached hydrogen (secondary N) is 1. The quantitative estimate of drug-likeness (QED) is 0.854. The van der Waals surface area contributed by atoms with Gasteiger partial charge in [0.2, 0.25) is 5.91 Å². The van der Waals surface area contributed by atoms with Crippen molar-refractivity contribution in [1.82, 2.24) is 10.2 Å². The number of thiophene rings is 1. The molecule has 2 aliphatic rings. The van der Waals surface area contributed by atoms with E-state index >= 15 is 0 Å². The fourth-order valence-corrected chi connectivity index (χ4v) is 5.03. The normalized spacial score (nSPS) is 27.9. The average Bonchev–Trinajstić information content (AvgIpc) is 2.86.